The summed E-state index contributed by atoms with van der Waals surface area (Å²) in [7, 11) is -1.80. The van der Waals surface area contributed by atoms with E-state index in [0.29, 0.717) is 12.2 Å². The van der Waals surface area contributed by atoms with Crippen LogP contribution in [0, 0.1) is 11.3 Å². The smallest absolute Gasteiger partial charge is 0.192 e. The van der Waals surface area contributed by atoms with E-state index in [1.54, 1.807) is 0 Å². The maximum Gasteiger partial charge on any atom is 0.192 e. The van der Waals surface area contributed by atoms with Crippen molar-refractivity contribution in [3.05, 3.63) is 59.8 Å². The zero-order chi connectivity index (χ0) is 18.9. The lowest BCUT2D eigenvalue weighted by Gasteiger charge is -2.36. The Morgan fingerprint density at radius 2 is 1.81 bits per heavy atom. The first-order chi connectivity index (χ1) is 12.2. The standard InChI is InChI=1S/C21H25N3OSi/c1-21(2,3)26(4,5)25-15-17-7-6-8-20-19(17)14-24(23-20)18-11-9-16(13-22)10-12-18/h6-12,14H,15H2,1-5H3. The molecule has 0 aliphatic carbocycles. The average Bonchev–Trinajstić information content (AvgIpc) is 3.04. The Kier molecular flexibility index (Phi) is 4.74. The van der Waals surface area contributed by atoms with Crippen LogP contribution in [0.15, 0.2) is 48.7 Å². The molecule has 26 heavy (non-hydrogen) atoms. The lowest BCUT2D eigenvalue weighted by atomic mass is 10.1. The van der Waals surface area contributed by atoms with Crippen LogP contribution in [0.2, 0.25) is 18.1 Å². The molecule has 1 aromatic heterocycles. The third kappa shape index (κ3) is 3.57. The molecule has 3 rings (SSSR count). The minimum Gasteiger partial charge on any atom is -0.413 e. The number of benzene rings is 2. The molecular formula is C21H25N3OSi. The summed E-state index contributed by atoms with van der Waals surface area (Å²) in [6, 6.07) is 15.7. The Balaban J connectivity index is 1.91. The molecule has 0 amide bonds. The summed E-state index contributed by atoms with van der Waals surface area (Å²) < 4.78 is 8.26. The fraction of sp³-hybridized carbons (Fsp3) is 0.333. The van der Waals surface area contributed by atoms with Crippen LogP contribution in [-0.4, -0.2) is 18.1 Å². The van der Waals surface area contributed by atoms with Gasteiger partial charge in [0.15, 0.2) is 8.32 Å². The van der Waals surface area contributed by atoms with Crippen molar-refractivity contribution in [3.8, 4) is 11.8 Å². The molecule has 0 bridgehead atoms. The molecule has 3 aromatic rings. The Bertz CT molecular complexity index is 960. The average molecular weight is 364 g/mol. The van der Waals surface area contributed by atoms with Crippen LogP contribution in [-0.2, 0) is 11.0 Å². The molecule has 4 nitrogen and oxygen atoms in total. The monoisotopic (exact) mass is 363 g/mol. The molecule has 1 heterocycles. The van der Waals surface area contributed by atoms with Crippen LogP contribution in [0.4, 0.5) is 0 Å². The van der Waals surface area contributed by atoms with Gasteiger partial charge >= 0.3 is 0 Å². The van der Waals surface area contributed by atoms with E-state index in [2.05, 4.69) is 51.1 Å². The van der Waals surface area contributed by atoms with Crippen LogP contribution in [0.1, 0.15) is 31.9 Å². The predicted octanol–water partition coefficient (Wildman–Crippen LogP) is 5.42. The minimum absolute atomic E-state index is 0.188. The largest absolute Gasteiger partial charge is 0.413 e. The van der Waals surface area contributed by atoms with Crippen molar-refractivity contribution in [1.82, 2.24) is 9.78 Å². The Morgan fingerprint density at radius 1 is 1.12 bits per heavy atom. The topological polar surface area (TPSA) is 50.8 Å². The number of hydrogen-bond acceptors (Lipinski definition) is 3. The van der Waals surface area contributed by atoms with Gasteiger partial charge in [0.1, 0.15) is 0 Å². The highest BCUT2D eigenvalue weighted by Crippen LogP contribution is 2.37. The Labute approximate surface area is 156 Å². The van der Waals surface area contributed by atoms with Gasteiger partial charge in [-0.25, -0.2) is 4.68 Å². The summed E-state index contributed by atoms with van der Waals surface area (Å²) in [4.78, 5) is 0. The van der Waals surface area contributed by atoms with Crippen LogP contribution in [0.3, 0.4) is 0 Å². The van der Waals surface area contributed by atoms with Gasteiger partial charge in [0.05, 0.1) is 29.4 Å². The van der Waals surface area contributed by atoms with E-state index in [-0.39, 0.29) is 5.04 Å². The highest BCUT2D eigenvalue weighted by atomic mass is 28.4. The maximum absolute atomic E-state index is 8.95. The van der Waals surface area contributed by atoms with Gasteiger partial charge in [-0.2, -0.15) is 10.4 Å². The zero-order valence-electron chi connectivity index (χ0n) is 16.1. The fourth-order valence-corrected chi connectivity index (χ4v) is 3.47. The molecule has 0 saturated carbocycles. The first-order valence-corrected chi connectivity index (χ1v) is 11.7. The molecular weight excluding hydrogens is 338 g/mol. The molecule has 2 aromatic carbocycles. The van der Waals surface area contributed by atoms with Gasteiger partial charge in [-0.1, -0.05) is 32.9 Å². The number of hydrogen-bond donors (Lipinski definition) is 0. The number of aromatic nitrogens is 2. The van der Waals surface area contributed by atoms with Crippen LogP contribution >= 0.6 is 0 Å². The fourth-order valence-electron chi connectivity index (χ4n) is 2.52. The molecule has 134 valence electrons. The van der Waals surface area contributed by atoms with Gasteiger partial charge in [-0.3, -0.25) is 0 Å². The second-order valence-corrected chi connectivity index (χ2v) is 12.9. The third-order valence-corrected chi connectivity index (χ3v) is 9.77. The number of rotatable bonds is 4. The van der Waals surface area contributed by atoms with E-state index in [4.69, 9.17) is 9.69 Å². The quantitative estimate of drug-likeness (QED) is 0.582. The van der Waals surface area contributed by atoms with E-state index in [9.17, 15) is 0 Å². The first kappa shape index (κ1) is 18.4. The second-order valence-electron chi connectivity index (χ2n) is 8.13. The van der Waals surface area contributed by atoms with Crippen molar-refractivity contribution in [1.29, 1.82) is 5.26 Å². The van der Waals surface area contributed by atoms with Crippen molar-refractivity contribution >= 4 is 19.2 Å². The van der Waals surface area contributed by atoms with E-state index in [1.165, 1.54) is 0 Å². The van der Waals surface area contributed by atoms with Crippen LogP contribution in [0.25, 0.3) is 16.6 Å². The Hall–Kier alpha value is -2.42. The highest BCUT2D eigenvalue weighted by molar-refractivity contribution is 6.74. The third-order valence-electron chi connectivity index (χ3n) is 5.30. The van der Waals surface area contributed by atoms with E-state index in [0.717, 1.165) is 22.2 Å². The van der Waals surface area contributed by atoms with Gasteiger partial charge in [-0.15, -0.1) is 0 Å². The summed E-state index contributed by atoms with van der Waals surface area (Å²) >= 11 is 0. The van der Waals surface area contributed by atoms with Gasteiger partial charge in [0.2, 0.25) is 0 Å². The molecule has 0 N–H and O–H groups in total. The van der Waals surface area contributed by atoms with Crippen molar-refractivity contribution in [3.63, 3.8) is 0 Å². The van der Waals surface area contributed by atoms with Crippen molar-refractivity contribution in [2.75, 3.05) is 0 Å². The van der Waals surface area contributed by atoms with E-state index < -0.39 is 8.32 Å². The van der Waals surface area contributed by atoms with Gasteiger partial charge in [-0.05, 0) is 54.0 Å². The molecule has 0 fully saturated rings. The van der Waals surface area contributed by atoms with Crippen LogP contribution < -0.4 is 0 Å². The normalized spacial score (nSPS) is 12.3. The Morgan fingerprint density at radius 3 is 2.42 bits per heavy atom. The zero-order valence-corrected chi connectivity index (χ0v) is 17.1. The maximum atomic E-state index is 8.95. The lowest BCUT2D eigenvalue weighted by molar-refractivity contribution is 0.277. The van der Waals surface area contributed by atoms with Gasteiger partial charge in [0, 0.05) is 11.6 Å². The summed E-state index contributed by atoms with van der Waals surface area (Å²) in [6.07, 6.45) is 2.04. The molecule has 0 atom stereocenters. The lowest BCUT2D eigenvalue weighted by Crippen LogP contribution is -2.40. The summed E-state index contributed by atoms with van der Waals surface area (Å²) in [5, 5.41) is 14.9. The molecule has 0 aliphatic rings. The SMILES string of the molecule is CC(C)(C)[Si](C)(C)OCc1cccc2nn(-c3ccc(C#N)cc3)cc12. The minimum atomic E-state index is -1.80. The molecule has 0 spiro atoms. The van der Waals surface area contributed by atoms with Gasteiger partial charge < -0.3 is 4.43 Å². The first-order valence-electron chi connectivity index (χ1n) is 8.83. The van der Waals surface area contributed by atoms with E-state index >= 15 is 0 Å². The summed E-state index contributed by atoms with van der Waals surface area (Å²) in [5.74, 6) is 0. The second kappa shape index (κ2) is 6.71. The van der Waals surface area contributed by atoms with E-state index in [1.807, 2.05) is 47.3 Å². The van der Waals surface area contributed by atoms with Crippen molar-refractivity contribution in [2.45, 2.75) is 45.5 Å². The molecule has 0 unspecified atom stereocenters. The molecule has 0 radical (unpaired) electrons. The number of fused-ring (bicyclic) bond motifs is 1. The molecule has 5 heteroatoms. The number of nitrogens with zero attached hydrogens (tertiary/aromatic N) is 3. The van der Waals surface area contributed by atoms with Crippen LogP contribution in [0.5, 0.6) is 0 Å². The van der Waals surface area contributed by atoms with Crippen molar-refractivity contribution in [2.24, 2.45) is 0 Å². The summed E-state index contributed by atoms with van der Waals surface area (Å²) in [6.45, 7) is 11.9. The van der Waals surface area contributed by atoms with Gasteiger partial charge in [0.25, 0.3) is 0 Å². The summed E-state index contributed by atoms with van der Waals surface area (Å²) in [5.41, 5.74) is 3.70. The molecule has 0 saturated heterocycles. The highest BCUT2D eigenvalue weighted by Gasteiger charge is 2.37. The van der Waals surface area contributed by atoms with Crippen molar-refractivity contribution < 1.29 is 4.43 Å². The number of nitriles is 1. The molecule has 0 aliphatic heterocycles. The predicted molar refractivity (Wildman–Crippen MR) is 108 cm³/mol.